The van der Waals surface area contributed by atoms with Gasteiger partial charge in [-0.05, 0) is 56.2 Å². The molecule has 1 amide bonds. The van der Waals surface area contributed by atoms with Crippen molar-refractivity contribution < 1.29 is 14.3 Å². The third-order valence-electron chi connectivity index (χ3n) is 4.93. The number of para-hydroxylation sites is 2. The van der Waals surface area contributed by atoms with Gasteiger partial charge in [0.1, 0.15) is 11.5 Å². The quantitative estimate of drug-likeness (QED) is 0.346. The second kappa shape index (κ2) is 10.9. The standard InChI is InChI=1S/C24H28N4O3S/c1-6-13-28-23(18(4)31-19-12-11-16(2)17(3)14-19)26-27-24(28)32-15-22(29)25-20-9-7-8-10-21(20)30-5/h6-12,14,18H,1,13,15H2,2-5H3,(H,25,29). The van der Waals surface area contributed by atoms with E-state index in [1.54, 1.807) is 25.3 Å². The lowest BCUT2D eigenvalue weighted by Crippen LogP contribution is -2.16. The molecule has 1 N–H and O–H groups in total. The fourth-order valence-corrected chi connectivity index (χ4v) is 3.87. The molecule has 0 bridgehead atoms. The number of hydrogen-bond acceptors (Lipinski definition) is 6. The second-order valence-corrected chi connectivity index (χ2v) is 8.23. The van der Waals surface area contributed by atoms with Gasteiger partial charge in [0.25, 0.3) is 0 Å². The Morgan fingerprint density at radius 2 is 2.00 bits per heavy atom. The Kier molecular flexibility index (Phi) is 7.94. The number of carbonyl (C=O) groups is 1. The maximum atomic E-state index is 12.5. The van der Waals surface area contributed by atoms with E-state index in [9.17, 15) is 4.79 Å². The lowest BCUT2D eigenvalue weighted by atomic mass is 10.1. The molecule has 1 heterocycles. The van der Waals surface area contributed by atoms with Crippen LogP contribution in [0.4, 0.5) is 5.69 Å². The van der Waals surface area contributed by atoms with Gasteiger partial charge >= 0.3 is 0 Å². The minimum Gasteiger partial charge on any atom is -0.495 e. The summed E-state index contributed by atoms with van der Waals surface area (Å²) in [6.45, 7) is 10.4. The number of anilines is 1. The molecule has 32 heavy (non-hydrogen) atoms. The van der Waals surface area contributed by atoms with Gasteiger partial charge in [0, 0.05) is 6.54 Å². The number of carbonyl (C=O) groups excluding carboxylic acids is 1. The minimum absolute atomic E-state index is 0.159. The summed E-state index contributed by atoms with van der Waals surface area (Å²) in [6.07, 6.45) is 1.45. The number of nitrogens with zero attached hydrogens (tertiary/aromatic N) is 3. The first-order chi connectivity index (χ1) is 15.4. The molecule has 8 heteroatoms. The van der Waals surface area contributed by atoms with Gasteiger partial charge in [-0.3, -0.25) is 9.36 Å². The molecule has 2 aromatic carbocycles. The third kappa shape index (κ3) is 5.70. The van der Waals surface area contributed by atoms with E-state index in [1.165, 1.54) is 22.9 Å². The molecule has 0 fully saturated rings. The number of aryl methyl sites for hydroxylation is 2. The van der Waals surface area contributed by atoms with Crippen LogP contribution in [0.2, 0.25) is 0 Å². The van der Waals surface area contributed by atoms with E-state index in [-0.39, 0.29) is 17.8 Å². The van der Waals surface area contributed by atoms with Gasteiger partial charge < -0.3 is 14.8 Å². The Balaban J connectivity index is 1.69. The lowest BCUT2D eigenvalue weighted by molar-refractivity contribution is -0.113. The van der Waals surface area contributed by atoms with Crippen molar-refractivity contribution in [1.82, 2.24) is 14.8 Å². The van der Waals surface area contributed by atoms with Crippen LogP contribution in [0.3, 0.4) is 0 Å². The molecule has 1 unspecified atom stereocenters. The van der Waals surface area contributed by atoms with Crippen LogP contribution in [0, 0.1) is 13.8 Å². The maximum Gasteiger partial charge on any atom is 0.234 e. The Hall–Kier alpha value is -3.26. The number of aromatic nitrogens is 3. The van der Waals surface area contributed by atoms with Gasteiger partial charge in [0.05, 0.1) is 18.6 Å². The SMILES string of the molecule is C=CCn1c(SCC(=O)Nc2ccccc2OC)nnc1C(C)Oc1ccc(C)c(C)c1. The van der Waals surface area contributed by atoms with E-state index in [1.807, 2.05) is 41.8 Å². The summed E-state index contributed by atoms with van der Waals surface area (Å²) in [5, 5.41) is 12.1. The summed E-state index contributed by atoms with van der Waals surface area (Å²) in [6, 6.07) is 13.3. The Bertz CT molecular complexity index is 1100. The molecular formula is C24H28N4O3S. The molecule has 1 aromatic heterocycles. The van der Waals surface area contributed by atoms with Gasteiger partial charge in [-0.25, -0.2) is 0 Å². The first-order valence-corrected chi connectivity index (χ1v) is 11.2. The fourth-order valence-electron chi connectivity index (χ4n) is 3.12. The molecule has 0 aliphatic heterocycles. The Morgan fingerprint density at radius 3 is 2.72 bits per heavy atom. The number of benzene rings is 2. The summed E-state index contributed by atoms with van der Waals surface area (Å²) in [7, 11) is 1.57. The number of amides is 1. The monoisotopic (exact) mass is 452 g/mol. The number of ether oxygens (including phenoxy) is 2. The zero-order valence-electron chi connectivity index (χ0n) is 18.8. The first kappa shape index (κ1) is 23.4. The molecule has 0 saturated heterocycles. The van der Waals surface area contributed by atoms with Crippen molar-refractivity contribution in [3.63, 3.8) is 0 Å². The first-order valence-electron chi connectivity index (χ1n) is 10.3. The van der Waals surface area contributed by atoms with Crippen LogP contribution in [0.1, 0.15) is 30.0 Å². The van der Waals surface area contributed by atoms with Crippen LogP contribution in [0.15, 0.2) is 60.3 Å². The largest absolute Gasteiger partial charge is 0.495 e. The zero-order chi connectivity index (χ0) is 23.1. The van der Waals surface area contributed by atoms with Gasteiger partial charge in [-0.1, -0.05) is 36.0 Å². The van der Waals surface area contributed by atoms with Crippen LogP contribution in [0.25, 0.3) is 0 Å². The van der Waals surface area contributed by atoms with E-state index in [0.717, 1.165) is 5.75 Å². The molecule has 168 valence electrons. The fraction of sp³-hybridized carbons (Fsp3) is 0.292. The van der Waals surface area contributed by atoms with Gasteiger partial charge in [-0.15, -0.1) is 16.8 Å². The van der Waals surface area contributed by atoms with Crippen molar-refractivity contribution in [3.05, 3.63) is 72.1 Å². The highest BCUT2D eigenvalue weighted by atomic mass is 32.2. The molecule has 3 rings (SSSR count). The topological polar surface area (TPSA) is 78.3 Å². The number of methoxy groups -OCH3 is 1. The van der Waals surface area contributed by atoms with Crippen LogP contribution < -0.4 is 14.8 Å². The summed E-state index contributed by atoms with van der Waals surface area (Å²) in [4.78, 5) is 12.5. The third-order valence-corrected chi connectivity index (χ3v) is 5.89. The van der Waals surface area contributed by atoms with Crippen molar-refractivity contribution in [3.8, 4) is 11.5 Å². The summed E-state index contributed by atoms with van der Waals surface area (Å²) in [5.74, 6) is 2.09. The molecule has 0 spiro atoms. The van der Waals surface area contributed by atoms with Gasteiger partial charge in [-0.2, -0.15) is 0 Å². The number of hydrogen-bond donors (Lipinski definition) is 1. The molecule has 0 aliphatic rings. The summed E-state index contributed by atoms with van der Waals surface area (Å²) in [5.41, 5.74) is 3.01. The maximum absolute atomic E-state index is 12.5. The van der Waals surface area contributed by atoms with Crippen LogP contribution >= 0.6 is 11.8 Å². The highest BCUT2D eigenvalue weighted by Gasteiger charge is 2.20. The Labute approximate surface area is 192 Å². The zero-order valence-corrected chi connectivity index (χ0v) is 19.6. The highest BCUT2D eigenvalue weighted by Crippen LogP contribution is 2.27. The van der Waals surface area contributed by atoms with E-state index < -0.39 is 0 Å². The van der Waals surface area contributed by atoms with Gasteiger partial charge in [0.15, 0.2) is 17.1 Å². The smallest absolute Gasteiger partial charge is 0.234 e. The molecular weight excluding hydrogens is 424 g/mol. The minimum atomic E-state index is -0.318. The van der Waals surface area contributed by atoms with E-state index in [0.29, 0.717) is 29.0 Å². The average Bonchev–Trinajstić information content (AvgIpc) is 3.18. The van der Waals surface area contributed by atoms with Crippen LogP contribution in [0.5, 0.6) is 11.5 Å². The van der Waals surface area contributed by atoms with E-state index in [2.05, 4.69) is 35.9 Å². The number of thioether (sulfide) groups is 1. The predicted molar refractivity (Wildman–Crippen MR) is 128 cm³/mol. The van der Waals surface area contributed by atoms with Crippen molar-refractivity contribution in [2.24, 2.45) is 0 Å². The Morgan fingerprint density at radius 1 is 1.22 bits per heavy atom. The molecule has 0 radical (unpaired) electrons. The number of allylic oxidation sites excluding steroid dienone is 1. The van der Waals surface area contributed by atoms with E-state index in [4.69, 9.17) is 9.47 Å². The highest BCUT2D eigenvalue weighted by molar-refractivity contribution is 7.99. The van der Waals surface area contributed by atoms with Crippen molar-refractivity contribution >= 4 is 23.4 Å². The summed E-state index contributed by atoms with van der Waals surface area (Å²) < 4.78 is 13.3. The van der Waals surface area contributed by atoms with Crippen molar-refractivity contribution in [2.45, 2.75) is 38.6 Å². The molecule has 7 nitrogen and oxygen atoms in total. The lowest BCUT2D eigenvalue weighted by Gasteiger charge is -2.16. The summed E-state index contributed by atoms with van der Waals surface area (Å²) >= 11 is 1.31. The second-order valence-electron chi connectivity index (χ2n) is 7.28. The predicted octanol–water partition coefficient (Wildman–Crippen LogP) is 4.96. The molecule has 0 aliphatic carbocycles. The van der Waals surface area contributed by atoms with E-state index >= 15 is 0 Å². The molecule has 3 aromatic rings. The number of nitrogens with one attached hydrogen (secondary N) is 1. The molecule has 1 atom stereocenters. The average molecular weight is 453 g/mol. The van der Waals surface area contributed by atoms with Crippen LogP contribution in [-0.4, -0.2) is 33.5 Å². The van der Waals surface area contributed by atoms with Gasteiger partial charge in [0.2, 0.25) is 5.91 Å². The number of rotatable bonds is 10. The van der Waals surface area contributed by atoms with Crippen molar-refractivity contribution in [2.75, 3.05) is 18.2 Å². The normalized spacial score (nSPS) is 11.6. The van der Waals surface area contributed by atoms with Crippen LogP contribution in [-0.2, 0) is 11.3 Å². The molecule has 0 saturated carbocycles. The van der Waals surface area contributed by atoms with Crippen molar-refractivity contribution in [1.29, 1.82) is 0 Å².